The lowest BCUT2D eigenvalue weighted by Gasteiger charge is -2.55. The van der Waals surface area contributed by atoms with Crippen molar-refractivity contribution in [2.24, 2.45) is 22.0 Å². The van der Waals surface area contributed by atoms with Crippen molar-refractivity contribution in [3.05, 3.63) is 33.9 Å². The molecule has 124 valence electrons. The third-order valence-corrected chi connectivity index (χ3v) is 5.91. The SMILES string of the molecule is C=C(C)C1(C)CC2=CC(C)(C(C)O[N+](=O)[O-])CC(CN)(C2)C1. The van der Waals surface area contributed by atoms with Crippen molar-refractivity contribution in [3.63, 3.8) is 0 Å². The Kier molecular flexibility index (Phi) is 4.15. The van der Waals surface area contributed by atoms with E-state index in [0.717, 1.165) is 25.7 Å². The highest BCUT2D eigenvalue weighted by Crippen LogP contribution is 2.59. The first kappa shape index (κ1) is 17.0. The highest BCUT2D eigenvalue weighted by Gasteiger charge is 2.51. The third-order valence-electron chi connectivity index (χ3n) is 5.91. The van der Waals surface area contributed by atoms with Gasteiger partial charge >= 0.3 is 0 Å². The molecule has 22 heavy (non-hydrogen) atoms. The lowest BCUT2D eigenvalue weighted by Crippen LogP contribution is -2.49. The molecule has 1 saturated carbocycles. The minimum atomic E-state index is -0.689. The highest BCUT2D eigenvalue weighted by molar-refractivity contribution is 5.28. The molecule has 2 bridgehead atoms. The summed E-state index contributed by atoms with van der Waals surface area (Å²) in [6.45, 7) is 12.9. The van der Waals surface area contributed by atoms with Gasteiger partial charge in [0.15, 0.2) is 0 Å². The molecule has 2 aliphatic rings. The Morgan fingerprint density at radius 2 is 2.14 bits per heavy atom. The van der Waals surface area contributed by atoms with Gasteiger partial charge in [-0.3, -0.25) is 0 Å². The Morgan fingerprint density at radius 1 is 1.50 bits per heavy atom. The topological polar surface area (TPSA) is 78.4 Å². The van der Waals surface area contributed by atoms with Crippen LogP contribution in [0.2, 0.25) is 0 Å². The molecular formula is C17H28N2O3. The van der Waals surface area contributed by atoms with E-state index in [0.29, 0.717) is 6.54 Å². The second kappa shape index (κ2) is 5.37. The molecule has 0 aromatic heterocycles. The molecule has 5 heteroatoms. The zero-order chi connectivity index (χ0) is 16.8. The standard InChI is InChI=1S/C17H28N2O3/c1-12(2)15(4)6-14-7-16(5,13(3)22-19(20)21)10-17(8-14,9-15)11-18/h7,13H,1,6,8-11,18H2,2-5H3. The maximum Gasteiger partial charge on any atom is 0.294 e. The Bertz CT molecular complexity index is 530. The van der Waals surface area contributed by atoms with Gasteiger partial charge in [0.05, 0.1) is 0 Å². The van der Waals surface area contributed by atoms with E-state index < -0.39 is 11.2 Å². The van der Waals surface area contributed by atoms with E-state index >= 15 is 0 Å². The summed E-state index contributed by atoms with van der Waals surface area (Å²) in [5.41, 5.74) is 8.39. The molecule has 0 heterocycles. The number of rotatable bonds is 5. The lowest BCUT2D eigenvalue weighted by atomic mass is 9.51. The van der Waals surface area contributed by atoms with Gasteiger partial charge in [0.1, 0.15) is 6.10 Å². The summed E-state index contributed by atoms with van der Waals surface area (Å²) < 4.78 is 0. The predicted molar refractivity (Wildman–Crippen MR) is 86.6 cm³/mol. The Balaban J connectivity index is 2.39. The van der Waals surface area contributed by atoms with Gasteiger partial charge in [0, 0.05) is 5.41 Å². The van der Waals surface area contributed by atoms with Crippen molar-refractivity contribution in [2.75, 3.05) is 6.54 Å². The van der Waals surface area contributed by atoms with Crippen LogP contribution in [0, 0.1) is 26.4 Å². The van der Waals surface area contributed by atoms with Crippen LogP contribution in [0.1, 0.15) is 53.4 Å². The lowest BCUT2D eigenvalue weighted by molar-refractivity contribution is -0.771. The normalized spacial score (nSPS) is 38.9. The summed E-state index contributed by atoms with van der Waals surface area (Å²) in [5, 5.41) is 10.0. The molecule has 0 radical (unpaired) electrons. The molecule has 0 aromatic carbocycles. The number of hydrogen-bond acceptors (Lipinski definition) is 4. The fraction of sp³-hybridized carbons (Fsp3) is 0.765. The average Bonchev–Trinajstić information content (AvgIpc) is 2.36. The van der Waals surface area contributed by atoms with Gasteiger partial charge in [-0.05, 0) is 56.9 Å². The highest BCUT2D eigenvalue weighted by atomic mass is 17.0. The fourth-order valence-electron chi connectivity index (χ4n) is 4.58. The first-order valence-electron chi connectivity index (χ1n) is 7.92. The van der Waals surface area contributed by atoms with Gasteiger partial charge in [0.2, 0.25) is 0 Å². The van der Waals surface area contributed by atoms with Gasteiger partial charge in [-0.15, -0.1) is 10.1 Å². The van der Waals surface area contributed by atoms with E-state index in [1.807, 2.05) is 6.92 Å². The van der Waals surface area contributed by atoms with Gasteiger partial charge in [0.25, 0.3) is 5.09 Å². The molecule has 4 unspecified atom stereocenters. The van der Waals surface area contributed by atoms with Crippen LogP contribution in [-0.2, 0) is 4.84 Å². The Labute approximate surface area is 132 Å². The van der Waals surface area contributed by atoms with E-state index in [-0.39, 0.29) is 16.2 Å². The van der Waals surface area contributed by atoms with Crippen molar-refractivity contribution >= 4 is 0 Å². The molecule has 2 aliphatic carbocycles. The Hall–Kier alpha value is -1.36. The van der Waals surface area contributed by atoms with E-state index in [9.17, 15) is 10.1 Å². The zero-order valence-electron chi connectivity index (χ0n) is 14.1. The summed E-state index contributed by atoms with van der Waals surface area (Å²) in [6, 6.07) is 0. The third kappa shape index (κ3) is 2.91. The van der Waals surface area contributed by atoms with Crippen molar-refractivity contribution in [1.29, 1.82) is 0 Å². The number of nitrogens with zero attached hydrogens (tertiary/aromatic N) is 1. The minimum Gasteiger partial charge on any atom is -0.330 e. The molecule has 2 rings (SSSR count). The fourth-order valence-corrected chi connectivity index (χ4v) is 4.58. The number of fused-ring (bicyclic) bond motifs is 2. The van der Waals surface area contributed by atoms with E-state index in [1.54, 1.807) is 6.92 Å². The quantitative estimate of drug-likeness (QED) is 0.478. The second-order valence-corrected chi connectivity index (χ2v) is 8.03. The van der Waals surface area contributed by atoms with Crippen LogP contribution in [0.15, 0.2) is 23.8 Å². The van der Waals surface area contributed by atoms with Gasteiger partial charge in [-0.25, -0.2) is 0 Å². The van der Waals surface area contributed by atoms with Crippen LogP contribution in [0.5, 0.6) is 0 Å². The summed E-state index contributed by atoms with van der Waals surface area (Å²) in [7, 11) is 0. The molecule has 0 spiro atoms. The summed E-state index contributed by atoms with van der Waals surface area (Å²) in [4.78, 5) is 15.6. The molecule has 0 aromatic rings. The second-order valence-electron chi connectivity index (χ2n) is 8.03. The summed E-state index contributed by atoms with van der Waals surface area (Å²) >= 11 is 0. The number of nitrogens with two attached hydrogens (primary N) is 1. The van der Waals surface area contributed by atoms with Crippen molar-refractivity contribution in [1.82, 2.24) is 0 Å². The first-order valence-corrected chi connectivity index (χ1v) is 7.92. The van der Waals surface area contributed by atoms with Crippen LogP contribution >= 0.6 is 0 Å². The van der Waals surface area contributed by atoms with Gasteiger partial charge < -0.3 is 10.6 Å². The number of allylic oxidation sites excluding steroid dienone is 2. The largest absolute Gasteiger partial charge is 0.330 e. The van der Waals surface area contributed by atoms with Crippen LogP contribution in [0.25, 0.3) is 0 Å². The van der Waals surface area contributed by atoms with Crippen molar-refractivity contribution < 1.29 is 9.92 Å². The summed E-state index contributed by atoms with van der Waals surface area (Å²) in [5.74, 6) is 0. The smallest absolute Gasteiger partial charge is 0.294 e. The van der Waals surface area contributed by atoms with E-state index in [2.05, 4.69) is 26.5 Å². The van der Waals surface area contributed by atoms with E-state index in [1.165, 1.54) is 11.1 Å². The van der Waals surface area contributed by atoms with Gasteiger partial charge in [-0.1, -0.05) is 37.6 Å². The van der Waals surface area contributed by atoms with Crippen LogP contribution in [0.4, 0.5) is 0 Å². The van der Waals surface area contributed by atoms with Crippen molar-refractivity contribution in [3.8, 4) is 0 Å². The first-order chi connectivity index (χ1) is 10.0. The maximum atomic E-state index is 10.7. The molecular weight excluding hydrogens is 280 g/mol. The molecule has 1 fully saturated rings. The molecule has 4 atom stereocenters. The molecule has 5 nitrogen and oxygen atoms in total. The number of hydrogen-bond donors (Lipinski definition) is 1. The van der Waals surface area contributed by atoms with Crippen molar-refractivity contribution in [2.45, 2.75) is 59.5 Å². The predicted octanol–water partition coefficient (Wildman–Crippen LogP) is 3.63. The van der Waals surface area contributed by atoms with Crippen LogP contribution in [-0.4, -0.2) is 17.7 Å². The van der Waals surface area contributed by atoms with Gasteiger partial charge in [-0.2, -0.15) is 0 Å². The van der Waals surface area contributed by atoms with E-state index in [4.69, 9.17) is 10.6 Å². The van der Waals surface area contributed by atoms with Crippen LogP contribution in [0.3, 0.4) is 0 Å². The zero-order valence-corrected chi connectivity index (χ0v) is 14.1. The average molecular weight is 308 g/mol. The molecule has 0 amide bonds. The molecule has 2 N–H and O–H groups in total. The maximum absolute atomic E-state index is 10.7. The minimum absolute atomic E-state index is 0.0149. The Morgan fingerprint density at radius 3 is 2.64 bits per heavy atom. The van der Waals surface area contributed by atoms with Crippen LogP contribution < -0.4 is 5.73 Å². The molecule has 0 saturated heterocycles. The monoisotopic (exact) mass is 308 g/mol. The summed E-state index contributed by atoms with van der Waals surface area (Å²) in [6.07, 6.45) is 5.49. The molecule has 0 aliphatic heterocycles.